The molecule has 1 atom stereocenters. The topological polar surface area (TPSA) is 37.4 Å². The van der Waals surface area contributed by atoms with E-state index >= 15 is 0 Å². The lowest BCUT2D eigenvalue weighted by molar-refractivity contribution is 0.0384. The second-order valence-corrected chi connectivity index (χ2v) is 6.09. The zero-order valence-electron chi connectivity index (χ0n) is 12.2. The van der Waals surface area contributed by atoms with Crippen molar-refractivity contribution in [2.45, 2.75) is 46.3 Å². The van der Waals surface area contributed by atoms with Gasteiger partial charge in [0.25, 0.3) is 0 Å². The molecule has 2 rings (SSSR count). The number of rotatable bonds is 6. The van der Waals surface area contributed by atoms with Gasteiger partial charge >= 0.3 is 0 Å². The van der Waals surface area contributed by atoms with Gasteiger partial charge in [-0.25, -0.2) is 4.98 Å². The summed E-state index contributed by atoms with van der Waals surface area (Å²) in [5.74, 6) is 0. The van der Waals surface area contributed by atoms with Crippen LogP contribution in [0.3, 0.4) is 0 Å². The van der Waals surface area contributed by atoms with Crippen molar-refractivity contribution in [3.63, 3.8) is 0 Å². The fourth-order valence-electron chi connectivity index (χ4n) is 2.23. The fourth-order valence-corrected chi connectivity index (χ4v) is 3.30. The highest BCUT2D eigenvalue weighted by Crippen LogP contribution is 2.27. The normalized spacial score (nSPS) is 19.9. The summed E-state index contributed by atoms with van der Waals surface area (Å²) in [6.45, 7) is 11.3. The van der Waals surface area contributed by atoms with Crippen LogP contribution in [-0.2, 0) is 11.3 Å². The summed E-state index contributed by atoms with van der Waals surface area (Å²) in [5, 5.41) is 4.62. The summed E-state index contributed by atoms with van der Waals surface area (Å²) in [6, 6.07) is 0. The van der Waals surface area contributed by atoms with E-state index < -0.39 is 0 Å². The third kappa shape index (κ3) is 3.91. The summed E-state index contributed by atoms with van der Waals surface area (Å²) in [6.07, 6.45) is 2.61. The molecule has 0 spiro atoms. The lowest BCUT2D eigenvalue weighted by Gasteiger charge is -2.32. The summed E-state index contributed by atoms with van der Waals surface area (Å²) >= 11 is 1.83. The Morgan fingerprint density at radius 2 is 2.32 bits per heavy atom. The van der Waals surface area contributed by atoms with Crippen molar-refractivity contribution in [3.8, 4) is 0 Å². The monoisotopic (exact) mass is 283 g/mol. The van der Waals surface area contributed by atoms with Crippen LogP contribution in [0.5, 0.6) is 0 Å². The maximum Gasteiger partial charge on any atom is 0.185 e. The number of thiazole rings is 1. The maximum absolute atomic E-state index is 5.72. The van der Waals surface area contributed by atoms with Crippen molar-refractivity contribution in [2.24, 2.45) is 0 Å². The van der Waals surface area contributed by atoms with E-state index in [4.69, 9.17) is 9.72 Å². The quantitative estimate of drug-likeness (QED) is 0.814. The van der Waals surface area contributed by atoms with Crippen LogP contribution in [-0.4, -0.2) is 37.3 Å². The molecule has 5 heteroatoms. The highest BCUT2D eigenvalue weighted by molar-refractivity contribution is 7.15. The first-order chi connectivity index (χ1) is 9.24. The molecule has 108 valence electrons. The summed E-state index contributed by atoms with van der Waals surface area (Å²) in [5.41, 5.74) is 1.17. The molecule has 0 bridgehead atoms. The molecule has 1 saturated heterocycles. The second-order valence-electron chi connectivity index (χ2n) is 5.03. The van der Waals surface area contributed by atoms with Crippen LogP contribution < -0.4 is 10.2 Å². The molecule has 19 heavy (non-hydrogen) atoms. The summed E-state index contributed by atoms with van der Waals surface area (Å²) in [7, 11) is 0. The van der Waals surface area contributed by atoms with E-state index in [1.807, 2.05) is 11.3 Å². The Morgan fingerprint density at radius 3 is 3.05 bits per heavy atom. The zero-order chi connectivity index (χ0) is 13.7. The molecule has 0 saturated carbocycles. The van der Waals surface area contributed by atoms with Crippen LogP contribution in [0.15, 0.2) is 0 Å². The van der Waals surface area contributed by atoms with Gasteiger partial charge in [0.05, 0.1) is 18.4 Å². The third-order valence-electron chi connectivity index (χ3n) is 3.46. The van der Waals surface area contributed by atoms with Crippen molar-refractivity contribution in [2.75, 3.05) is 31.1 Å². The van der Waals surface area contributed by atoms with E-state index in [0.717, 1.165) is 44.3 Å². The number of nitrogens with zero attached hydrogens (tertiary/aromatic N) is 2. The van der Waals surface area contributed by atoms with Gasteiger partial charge in [-0.1, -0.05) is 13.8 Å². The SMILES string of the molecule is CCCNCc1sc(N2CCOC(CC)C2)nc1C. The van der Waals surface area contributed by atoms with Gasteiger partial charge in [-0.2, -0.15) is 0 Å². The van der Waals surface area contributed by atoms with E-state index in [-0.39, 0.29) is 0 Å². The second kappa shape index (κ2) is 7.22. The predicted octanol–water partition coefficient (Wildman–Crippen LogP) is 2.57. The Morgan fingerprint density at radius 1 is 1.47 bits per heavy atom. The van der Waals surface area contributed by atoms with Crippen molar-refractivity contribution >= 4 is 16.5 Å². The molecule has 2 heterocycles. The number of aryl methyl sites for hydroxylation is 1. The van der Waals surface area contributed by atoms with E-state index in [1.165, 1.54) is 17.0 Å². The van der Waals surface area contributed by atoms with Crippen LogP contribution in [0.1, 0.15) is 37.3 Å². The molecule has 1 aromatic rings. The van der Waals surface area contributed by atoms with Gasteiger partial charge in [-0.15, -0.1) is 11.3 Å². The molecule has 0 radical (unpaired) electrons. The van der Waals surface area contributed by atoms with Gasteiger partial charge in [0.2, 0.25) is 0 Å². The molecule has 1 aliphatic rings. The van der Waals surface area contributed by atoms with Gasteiger partial charge < -0.3 is 15.0 Å². The Bertz CT molecular complexity index is 394. The average Bonchev–Trinajstić information content (AvgIpc) is 2.81. The average molecular weight is 283 g/mol. The minimum absolute atomic E-state index is 0.361. The lowest BCUT2D eigenvalue weighted by atomic mass is 10.2. The molecule has 1 aliphatic heterocycles. The van der Waals surface area contributed by atoms with Gasteiger partial charge in [0.1, 0.15) is 0 Å². The molecule has 1 unspecified atom stereocenters. The molecular formula is C14H25N3OS. The minimum atomic E-state index is 0.361. The number of hydrogen-bond donors (Lipinski definition) is 1. The van der Waals surface area contributed by atoms with Gasteiger partial charge in [-0.3, -0.25) is 0 Å². The largest absolute Gasteiger partial charge is 0.375 e. The van der Waals surface area contributed by atoms with E-state index in [9.17, 15) is 0 Å². The molecule has 0 aliphatic carbocycles. The highest BCUT2D eigenvalue weighted by Gasteiger charge is 2.22. The van der Waals surface area contributed by atoms with E-state index in [2.05, 4.69) is 31.0 Å². The first-order valence-electron chi connectivity index (χ1n) is 7.28. The molecule has 1 aromatic heterocycles. The number of morpholine rings is 1. The first kappa shape index (κ1) is 14.8. The molecular weight excluding hydrogens is 258 g/mol. The Balaban J connectivity index is 1.98. The molecule has 1 fully saturated rings. The summed E-state index contributed by atoms with van der Waals surface area (Å²) < 4.78 is 5.72. The predicted molar refractivity (Wildman–Crippen MR) is 81.1 cm³/mol. The van der Waals surface area contributed by atoms with Crippen molar-refractivity contribution in [1.29, 1.82) is 0 Å². The number of aromatic nitrogens is 1. The smallest absolute Gasteiger partial charge is 0.185 e. The number of hydrogen-bond acceptors (Lipinski definition) is 5. The van der Waals surface area contributed by atoms with Gasteiger partial charge in [0.15, 0.2) is 5.13 Å². The van der Waals surface area contributed by atoms with Crippen LogP contribution >= 0.6 is 11.3 Å². The Hall–Kier alpha value is -0.650. The van der Waals surface area contributed by atoms with Crippen LogP contribution in [0.2, 0.25) is 0 Å². The standard InChI is InChI=1S/C14H25N3OS/c1-4-6-15-9-13-11(3)16-14(19-13)17-7-8-18-12(5-2)10-17/h12,15H,4-10H2,1-3H3. The zero-order valence-corrected chi connectivity index (χ0v) is 13.1. The third-order valence-corrected chi connectivity index (χ3v) is 4.68. The Labute approximate surface area is 120 Å². The van der Waals surface area contributed by atoms with E-state index in [1.54, 1.807) is 0 Å². The first-order valence-corrected chi connectivity index (χ1v) is 8.09. The summed E-state index contributed by atoms with van der Waals surface area (Å²) in [4.78, 5) is 8.47. The Kier molecular flexibility index (Phi) is 5.60. The van der Waals surface area contributed by atoms with Crippen LogP contribution in [0.25, 0.3) is 0 Å². The van der Waals surface area contributed by atoms with Crippen molar-refractivity contribution in [1.82, 2.24) is 10.3 Å². The van der Waals surface area contributed by atoms with E-state index in [0.29, 0.717) is 6.10 Å². The number of nitrogens with one attached hydrogen (secondary N) is 1. The van der Waals surface area contributed by atoms with Gasteiger partial charge in [-0.05, 0) is 26.3 Å². The molecule has 0 amide bonds. The van der Waals surface area contributed by atoms with Crippen LogP contribution in [0, 0.1) is 6.92 Å². The van der Waals surface area contributed by atoms with Crippen molar-refractivity contribution in [3.05, 3.63) is 10.6 Å². The fraction of sp³-hybridized carbons (Fsp3) is 0.786. The molecule has 4 nitrogen and oxygen atoms in total. The number of anilines is 1. The van der Waals surface area contributed by atoms with Gasteiger partial charge in [0, 0.05) is 24.5 Å². The molecule has 1 N–H and O–H groups in total. The van der Waals surface area contributed by atoms with Crippen molar-refractivity contribution < 1.29 is 4.74 Å². The lowest BCUT2D eigenvalue weighted by Crippen LogP contribution is -2.42. The minimum Gasteiger partial charge on any atom is -0.375 e. The number of ether oxygens (including phenoxy) is 1. The highest BCUT2D eigenvalue weighted by atomic mass is 32.1. The van der Waals surface area contributed by atoms with Crippen LogP contribution in [0.4, 0.5) is 5.13 Å². The maximum atomic E-state index is 5.72. The molecule has 0 aromatic carbocycles.